The number of anilines is 1. The zero-order chi connectivity index (χ0) is 9.97. The van der Waals surface area contributed by atoms with E-state index in [9.17, 15) is 0 Å². The van der Waals surface area contributed by atoms with Crippen molar-refractivity contribution in [3.05, 3.63) is 28.8 Å². The van der Waals surface area contributed by atoms with E-state index in [4.69, 9.17) is 22.1 Å². The maximum Gasteiger partial charge on any atom is 0.0608 e. The lowest BCUT2D eigenvalue weighted by atomic mass is 10.2. The Balaban J connectivity index is 1.94. The smallest absolute Gasteiger partial charge is 0.0608 e. The highest BCUT2D eigenvalue weighted by atomic mass is 35.5. The van der Waals surface area contributed by atoms with Gasteiger partial charge in [-0.1, -0.05) is 17.7 Å². The van der Waals surface area contributed by atoms with Crippen LogP contribution in [-0.2, 0) is 10.5 Å². The van der Waals surface area contributed by atoms with Gasteiger partial charge in [-0.15, -0.1) is 11.8 Å². The van der Waals surface area contributed by atoms with Crippen molar-refractivity contribution in [2.45, 2.75) is 11.0 Å². The summed E-state index contributed by atoms with van der Waals surface area (Å²) in [5.74, 6) is 0.938. The Kier molecular flexibility index (Phi) is 3.21. The monoisotopic (exact) mass is 229 g/mol. The van der Waals surface area contributed by atoms with Crippen molar-refractivity contribution in [3.63, 3.8) is 0 Å². The molecule has 1 aromatic rings. The van der Waals surface area contributed by atoms with Gasteiger partial charge < -0.3 is 10.5 Å². The Labute approximate surface area is 92.8 Å². The first-order valence-corrected chi connectivity index (χ1v) is 5.91. The van der Waals surface area contributed by atoms with Crippen molar-refractivity contribution in [2.75, 3.05) is 18.9 Å². The molecule has 0 spiro atoms. The zero-order valence-corrected chi connectivity index (χ0v) is 9.27. The summed E-state index contributed by atoms with van der Waals surface area (Å²) in [5, 5.41) is 1.40. The molecule has 0 saturated carbocycles. The van der Waals surface area contributed by atoms with Gasteiger partial charge in [-0.05, 0) is 17.7 Å². The molecule has 1 aliphatic heterocycles. The number of nitrogens with two attached hydrogens (primary N) is 1. The van der Waals surface area contributed by atoms with Gasteiger partial charge in [0.05, 0.1) is 18.5 Å². The van der Waals surface area contributed by atoms with Crippen LogP contribution >= 0.6 is 23.4 Å². The molecule has 0 amide bonds. The highest BCUT2D eigenvalue weighted by molar-refractivity contribution is 7.99. The summed E-state index contributed by atoms with van der Waals surface area (Å²) in [6, 6.07) is 5.68. The van der Waals surface area contributed by atoms with Gasteiger partial charge in [-0.2, -0.15) is 0 Å². The van der Waals surface area contributed by atoms with Gasteiger partial charge >= 0.3 is 0 Å². The van der Waals surface area contributed by atoms with Crippen LogP contribution < -0.4 is 5.73 Å². The van der Waals surface area contributed by atoms with Crippen LogP contribution in [-0.4, -0.2) is 18.5 Å². The normalized spacial score (nSPS) is 16.6. The molecule has 0 unspecified atom stereocenters. The van der Waals surface area contributed by atoms with Crippen LogP contribution in [0.1, 0.15) is 5.56 Å². The van der Waals surface area contributed by atoms with Crippen molar-refractivity contribution in [3.8, 4) is 0 Å². The molecule has 1 fully saturated rings. The van der Waals surface area contributed by atoms with Gasteiger partial charge in [0.2, 0.25) is 0 Å². The minimum atomic E-state index is 0.642. The molecule has 14 heavy (non-hydrogen) atoms. The predicted octanol–water partition coefficient (Wildman–Crippen LogP) is 2.55. The topological polar surface area (TPSA) is 35.2 Å². The number of benzene rings is 1. The van der Waals surface area contributed by atoms with Gasteiger partial charge in [0.25, 0.3) is 0 Å². The summed E-state index contributed by atoms with van der Waals surface area (Å²) in [5.41, 5.74) is 7.48. The second-order valence-electron chi connectivity index (χ2n) is 3.32. The van der Waals surface area contributed by atoms with E-state index < -0.39 is 0 Å². The molecule has 1 heterocycles. The minimum Gasteiger partial charge on any atom is -0.399 e. The fourth-order valence-electron chi connectivity index (χ4n) is 1.20. The number of ether oxygens (including phenoxy) is 1. The van der Waals surface area contributed by atoms with Gasteiger partial charge in [-0.3, -0.25) is 0 Å². The van der Waals surface area contributed by atoms with Gasteiger partial charge in [0, 0.05) is 16.5 Å². The van der Waals surface area contributed by atoms with Crippen molar-refractivity contribution >= 4 is 29.1 Å². The van der Waals surface area contributed by atoms with Crippen LogP contribution in [0.3, 0.4) is 0 Å². The average molecular weight is 230 g/mol. The second kappa shape index (κ2) is 4.43. The third-order valence-corrected chi connectivity index (χ3v) is 3.73. The molecule has 4 heteroatoms. The van der Waals surface area contributed by atoms with Crippen molar-refractivity contribution in [1.29, 1.82) is 0 Å². The Morgan fingerprint density at radius 1 is 1.50 bits per heavy atom. The molecule has 1 aliphatic rings. The lowest BCUT2D eigenvalue weighted by Gasteiger charge is -2.25. The molecule has 0 aromatic heterocycles. The summed E-state index contributed by atoms with van der Waals surface area (Å²) in [6.07, 6.45) is 0. The summed E-state index contributed by atoms with van der Waals surface area (Å²) >= 11 is 7.94. The van der Waals surface area contributed by atoms with Gasteiger partial charge in [-0.25, -0.2) is 0 Å². The summed E-state index contributed by atoms with van der Waals surface area (Å²) in [4.78, 5) is 0. The van der Waals surface area contributed by atoms with E-state index in [0.29, 0.717) is 5.25 Å². The van der Waals surface area contributed by atoms with E-state index in [1.165, 1.54) is 0 Å². The van der Waals surface area contributed by atoms with Gasteiger partial charge in [0.15, 0.2) is 0 Å². The van der Waals surface area contributed by atoms with Gasteiger partial charge in [0.1, 0.15) is 0 Å². The molecule has 0 aliphatic carbocycles. The Hall–Kier alpha value is -0.380. The zero-order valence-electron chi connectivity index (χ0n) is 7.70. The molecule has 76 valence electrons. The van der Waals surface area contributed by atoms with Crippen LogP contribution in [0.15, 0.2) is 18.2 Å². The first kappa shape index (κ1) is 10.1. The first-order valence-electron chi connectivity index (χ1n) is 4.49. The third kappa shape index (κ3) is 2.35. The molecular formula is C10H12ClNOS. The number of nitrogen functional groups attached to an aromatic ring is 1. The Bertz CT molecular complexity index is 328. The fourth-order valence-corrected chi connectivity index (χ4v) is 2.59. The number of thioether (sulfide) groups is 1. The SMILES string of the molecule is Nc1ccc(CSC2COC2)c(Cl)c1. The standard InChI is InChI=1S/C10H12ClNOS/c11-10-3-8(12)2-1-7(10)6-14-9-4-13-5-9/h1-3,9H,4-6,12H2. The van der Waals surface area contributed by atoms with E-state index >= 15 is 0 Å². The summed E-state index contributed by atoms with van der Waals surface area (Å²) < 4.78 is 5.10. The van der Waals surface area contributed by atoms with Crippen molar-refractivity contribution in [1.82, 2.24) is 0 Å². The maximum absolute atomic E-state index is 6.05. The first-order chi connectivity index (χ1) is 6.75. The number of hydrogen-bond donors (Lipinski definition) is 1. The van der Waals surface area contributed by atoms with E-state index in [1.807, 2.05) is 23.9 Å². The fraction of sp³-hybridized carbons (Fsp3) is 0.400. The minimum absolute atomic E-state index is 0.642. The molecule has 0 atom stereocenters. The molecule has 1 aromatic carbocycles. The Morgan fingerprint density at radius 2 is 2.29 bits per heavy atom. The van der Waals surface area contributed by atoms with Crippen molar-refractivity contribution < 1.29 is 4.74 Å². The number of hydrogen-bond acceptors (Lipinski definition) is 3. The maximum atomic E-state index is 6.05. The lowest BCUT2D eigenvalue weighted by molar-refractivity contribution is 0.0455. The molecule has 2 rings (SSSR count). The van der Waals surface area contributed by atoms with E-state index in [0.717, 1.165) is 35.2 Å². The lowest BCUT2D eigenvalue weighted by Crippen LogP contribution is -2.30. The number of halogens is 1. The molecule has 2 nitrogen and oxygen atoms in total. The quantitative estimate of drug-likeness (QED) is 0.810. The highest BCUT2D eigenvalue weighted by Crippen LogP contribution is 2.28. The van der Waals surface area contributed by atoms with Crippen molar-refractivity contribution in [2.24, 2.45) is 0 Å². The van der Waals surface area contributed by atoms with Crippen LogP contribution in [0.2, 0.25) is 5.02 Å². The molecule has 0 bridgehead atoms. The molecule has 2 N–H and O–H groups in total. The average Bonchev–Trinajstić information content (AvgIpc) is 2.05. The highest BCUT2D eigenvalue weighted by Gasteiger charge is 2.18. The largest absolute Gasteiger partial charge is 0.399 e. The molecular weight excluding hydrogens is 218 g/mol. The number of rotatable bonds is 3. The van der Waals surface area contributed by atoms with Crippen LogP contribution in [0.25, 0.3) is 0 Å². The van der Waals surface area contributed by atoms with E-state index in [2.05, 4.69) is 0 Å². The molecule has 0 radical (unpaired) electrons. The predicted molar refractivity (Wildman–Crippen MR) is 61.8 cm³/mol. The van der Waals surface area contributed by atoms with Crippen LogP contribution in [0, 0.1) is 0 Å². The van der Waals surface area contributed by atoms with E-state index in [1.54, 1.807) is 6.07 Å². The van der Waals surface area contributed by atoms with E-state index in [-0.39, 0.29) is 0 Å². The Morgan fingerprint density at radius 3 is 2.86 bits per heavy atom. The molecule has 1 saturated heterocycles. The summed E-state index contributed by atoms with van der Waals surface area (Å²) in [6.45, 7) is 1.74. The summed E-state index contributed by atoms with van der Waals surface area (Å²) in [7, 11) is 0. The third-order valence-electron chi connectivity index (χ3n) is 2.16. The van der Waals surface area contributed by atoms with Crippen LogP contribution in [0.5, 0.6) is 0 Å². The van der Waals surface area contributed by atoms with Crippen LogP contribution in [0.4, 0.5) is 5.69 Å². The second-order valence-corrected chi connectivity index (χ2v) is 5.02.